The van der Waals surface area contributed by atoms with E-state index in [1.54, 1.807) is 0 Å². The largest absolute Gasteiger partial charge is 0.455 e. The first kappa shape index (κ1) is 47.1. The Balaban J connectivity index is 1.43. The van der Waals surface area contributed by atoms with Gasteiger partial charge in [0, 0.05) is 57.6 Å². The first-order chi connectivity index (χ1) is 29.1. The summed E-state index contributed by atoms with van der Waals surface area (Å²) in [6.07, 6.45) is 23.5. The average Bonchev–Trinajstić information content (AvgIpc) is 3.67. The quantitative estimate of drug-likeness (QED) is 0.0257. The van der Waals surface area contributed by atoms with Gasteiger partial charge in [0.25, 0.3) is 0 Å². The predicted molar refractivity (Wildman–Crippen MR) is 242 cm³/mol. The summed E-state index contributed by atoms with van der Waals surface area (Å²) in [5, 5.41) is 1.40. The van der Waals surface area contributed by atoms with Crippen LogP contribution in [0, 0.1) is 42.9 Å². The molecule has 0 spiro atoms. The normalized spacial score (nSPS) is 16.5. The van der Waals surface area contributed by atoms with Crippen LogP contribution in [0.3, 0.4) is 0 Å². The Labute approximate surface area is 363 Å². The van der Waals surface area contributed by atoms with E-state index in [0.717, 1.165) is 78.6 Å². The number of anilines is 1. The van der Waals surface area contributed by atoms with Crippen molar-refractivity contribution in [2.45, 2.75) is 201 Å². The van der Waals surface area contributed by atoms with Gasteiger partial charge in [-0.05, 0) is 65.2 Å². The van der Waals surface area contributed by atoms with Crippen LogP contribution in [0.4, 0.5) is 27.6 Å². The second kappa shape index (κ2) is 20.0. The molecule has 0 bridgehead atoms. The Morgan fingerprint density at radius 2 is 1.13 bits per heavy atom. The highest BCUT2D eigenvalue weighted by Gasteiger charge is 2.47. The maximum atomic E-state index is 16.2. The summed E-state index contributed by atoms with van der Waals surface area (Å²) in [7, 11) is 0. The predicted octanol–water partition coefficient (Wildman–Crippen LogP) is 14.1. The van der Waals surface area contributed by atoms with Crippen molar-refractivity contribution in [1.82, 2.24) is 4.58 Å². The molecule has 3 aromatic rings. The summed E-state index contributed by atoms with van der Waals surface area (Å²) < 4.78 is 87.2. The molecule has 0 amide bonds. The van der Waals surface area contributed by atoms with Gasteiger partial charge in [0.2, 0.25) is 11.2 Å². The highest BCUT2D eigenvalue weighted by atomic mass is 19.2. The first-order valence-corrected chi connectivity index (χ1v) is 24.0. The third-order valence-corrected chi connectivity index (χ3v) is 14.0. The molecule has 3 nitrogen and oxygen atoms in total. The Hall–Kier alpha value is -3.42. The topological polar surface area (TPSA) is 15.5 Å². The molecule has 0 radical (unpaired) electrons. The molecule has 6 rings (SSSR count). The van der Waals surface area contributed by atoms with Gasteiger partial charge in [-0.15, -0.1) is 0 Å². The highest BCUT2D eigenvalue weighted by Crippen LogP contribution is 2.54. The minimum Gasteiger partial charge on any atom is -0.455 e. The fourth-order valence-corrected chi connectivity index (χ4v) is 10.8. The van der Waals surface area contributed by atoms with E-state index < -0.39 is 45.5 Å². The van der Waals surface area contributed by atoms with Crippen LogP contribution in [-0.2, 0) is 10.8 Å². The van der Waals surface area contributed by atoms with Gasteiger partial charge >= 0.3 is 0 Å². The van der Waals surface area contributed by atoms with Crippen molar-refractivity contribution in [2.75, 3.05) is 24.5 Å². The number of fused-ring (bicyclic) bond motifs is 6. The van der Waals surface area contributed by atoms with Crippen LogP contribution in [0.5, 0.6) is 11.5 Å². The molecule has 3 aliphatic heterocycles. The van der Waals surface area contributed by atoms with Gasteiger partial charge in [0.15, 0.2) is 29.8 Å². The third kappa shape index (κ3) is 9.59. The standard InChI is InChI=1S/C53H74F5N2O/c1-10-12-14-16-18-20-21-23-25-27-29-59-32-52(6,7)41-48(59)34(3)30-37-39(40-43(54)45(56)47(58)46(57)44(40)55)38-31-35(4)49-42(51(38)61-50(37)41)53(8,9)33-60(49)36(5)28-26-24-22-19-17-15-13-11-2/h30-31,36H,10-29,32-33H2,1-9H3/q+1. The zero-order valence-corrected chi connectivity index (χ0v) is 39.0. The van der Waals surface area contributed by atoms with Gasteiger partial charge in [-0.2, -0.15) is 0 Å². The van der Waals surface area contributed by atoms with Crippen LogP contribution >= 0.6 is 0 Å². The lowest BCUT2D eigenvalue weighted by Crippen LogP contribution is -2.35. The molecule has 3 aliphatic rings. The van der Waals surface area contributed by atoms with Crippen molar-refractivity contribution in [3.63, 3.8) is 0 Å². The third-order valence-electron chi connectivity index (χ3n) is 14.0. The fourth-order valence-electron chi connectivity index (χ4n) is 10.8. The Morgan fingerprint density at radius 3 is 1.69 bits per heavy atom. The number of aryl methyl sites for hydroxylation is 2. The zero-order valence-electron chi connectivity index (χ0n) is 39.0. The van der Waals surface area contributed by atoms with Gasteiger partial charge in [-0.25, -0.2) is 26.5 Å². The van der Waals surface area contributed by atoms with E-state index in [1.165, 1.54) is 96.3 Å². The molecular weight excluding hydrogens is 776 g/mol. The maximum Gasteiger partial charge on any atom is 0.210 e. The SMILES string of the molecule is CCCCCCCCCCCC[N+]1=c2c(C)cc3c(c2C(C)(C)C1)Oc1c(cc(C)c2c1C(C)(C)CN2C(C)CCCCCCCCCC)C=3c1c(F)c(F)c(F)c(F)c1F. The molecule has 8 heteroatoms. The lowest BCUT2D eigenvalue weighted by atomic mass is 9.79. The summed E-state index contributed by atoms with van der Waals surface area (Å²) in [6, 6.07) is 3.94. The molecular formula is C53H74F5N2O+. The number of nitrogens with zero attached hydrogens (tertiary/aromatic N) is 2. The number of hydrogen-bond acceptors (Lipinski definition) is 2. The maximum absolute atomic E-state index is 16.2. The van der Waals surface area contributed by atoms with Crippen LogP contribution in [0.15, 0.2) is 12.1 Å². The van der Waals surface area contributed by atoms with Crippen molar-refractivity contribution >= 4 is 11.3 Å². The number of hydrogen-bond donors (Lipinski definition) is 0. The van der Waals surface area contributed by atoms with Crippen molar-refractivity contribution < 1.29 is 26.7 Å². The smallest absolute Gasteiger partial charge is 0.210 e. The molecule has 61 heavy (non-hydrogen) atoms. The minimum atomic E-state index is -2.16. The van der Waals surface area contributed by atoms with Gasteiger partial charge in [-0.3, -0.25) is 0 Å². The van der Waals surface area contributed by atoms with Crippen LogP contribution in [0.25, 0.3) is 5.57 Å². The second-order valence-corrected chi connectivity index (χ2v) is 20.1. The average molecular weight is 850 g/mol. The molecule has 336 valence electrons. The van der Waals surface area contributed by atoms with Crippen molar-refractivity contribution in [3.8, 4) is 11.5 Å². The fraction of sp³-hybridized carbons (Fsp3) is 0.642. The van der Waals surface area contributed by atoms with Gasteiger partial charge in [-0.1, -0.05) is 130 Å². The summed E-state index contributed by atoms with van der Waals surface area (Å²) in [5.41, 5.74) is 3.23. The van der Waals surface area contributed by atoms with E-state index in [0.29, 0.717) is 22.3 Å². The monoisotopic (exact) mass is 850 g/mol. The van der Waals surface area contributed by atoms with Crippen LogP contribution in [-0.4, -0.2) is 25.7 Å². The van der Waals surface area contributed by atoms with Gasteiger partial charge in [0.05, 0.1) is 16.5 Å². The molecule has 0 N–H and O–H groups in total. The van der Waals surface area contributed by atoms with Gasteiger partial charge < -0.3 is 9.64 Å². The Bertz CT molecular complexity index is 2160. The Kier molecular flexibility index (Phi) is 15.4. The van der Waals surface area contributed by atoms with E-state index in [4.69, 9.17) is 4.74 Å². The number of rotatable bonds is 22. The minimum absolute atomic E-state index is 0.00831. The lowest BCUT2D eigenvalue weighted by Gasteiger charge is -2.31. The van der Waals surface area contributed by atoms with Crippen LogP contribution in [0.2, 0.25) is 0 Å². The summed E-state index contributed by atoms with van der Waals surface area (Å²) in [5.74, 6) is -8.81. The molecule has 3 heterocycles. The van der Waals surface area contributed by atoms with E-state index >= 15 is 17.6 Å². The molecule has 1 atom stereocenters. The van der Waals surface area contributed by atoms with E-state index in [-0.39, 0.29) is 11.6 Å². The zero-order chi connectivity index (χ0) is 44.2. The molecule has 0 fully saturated rings. The first-order valence-electron chi connectivity index (χ1n) is 24.0. The molecule has 0 saturated carbocycles. The Morgan fingerprint density at radius 1 is 0.623 bits per heavy atom. The molecule has 0 aliphatic carbocycles. The second-order valence-electron chi connectivity index (χ2n) is 20.1. The number of benzene rings is 3. The summed E-state index contributed by atoms with van der Waals surface area (Å²) in [6.45, 7) is 21.7. The van der Waals surface area contributed by atoms with Crippen molar-refractivity contribution in [1.29, 1.82) is 0 Å². The number of ether oxygens (including phenoxy) is 1. The van der Waals surface area contributed by atoms with E-state index in [9.17, 15) is 4.39 Å². The van der Waals surface area contributed by atoms with Crippen molar-refractivity contribution in [2.24, 2.45) is 0 Å². The van der Waals surface area contributed by atoms with E-state index in [2.05, 4.69) is 57.9 Å². The number of unbranched alkanes of at least 4 members (excludes halogenated alkanes) is 16. The van der Waals surface area contributed by atoms with Gasteiger partial charge in [0.1, 0.15) is 18.0 Å². The van der Waals surface area contributed by atoms with Crippen LogP contribution in [0.1, 0.15) is 204 Å². The number of halogens is 5. The van der Waals surface area contributed by atoms with E-state index in [1.807, 2.05) is 26.0 Å². The lowest BCUT2D eigenvalue weighted by molar-refractivity contribution is 0.376. The molecule has 0 saturated heterocycles. The molecule has 0 aromatic heterocycles. The highest BCUT2D eigenvalue weighted by molar-refractivity contribution is 5.90. The summed E-state index contributed by atoms with van der Waals surface area (Å²) >= 11 is 0. The van der Waals surface area contributed by atoms with Crippen molar-refractivity contribution in [3.05, 3.63) is 85.2 Å². The molecule has 3 aromatic carbocycles. The molecule has 1 unspecified atom stereocenters. The summed E-state index contributed by atoms with van der Waals surface area (Å²) in [4.78, 5) is 2.46. The van der Waals surface area contributed by atoms with Crippen LogP contribution < -0.4 is 24.8 Å².